The van der Waals surface area contributed by atoms with Crippen molar-refractivity contribution in [3.8, 4) is 0 Å². The predicted octanol–water partition coefficient (Wildman–Crippen LogP) is 1.49. The third-order valence-corrected chi connectivity index (χ3v) is 2.06. The Bertz CT molecular complexity index is 77.0. The Balaban J connectivity index is 2.18. The van der Waals surface area contributed by atoms with Gasteiger partial charge in [0.25, 0.3) is 0 Å². The number of halogens is 1. The molecule has 54 valence electrons. The molecule has 0 aromatic heterocycles. The molecule has 2 heteroatoms. The first-order chi connectivity index (χ1) is 4.33. The highest BCUT2D eigenvalue weighted by atomic mass is 19.1. The van der Waals surface area contributed by atoms with Crippen LogP contribution in [0.4, 0.5) is 4.39 Å². The molecule has 0 aromatic rings. The summed E-state index contributed by atoms with van der Waals surface area (Å²) in [5.74, 6) is 0. The number of hydrogen-bond donors (Lipinski definition) is 1. The average molecular weight is 131 g/mol. The Morgan fingerprint density at radius 1 is 1.22 bits per heavy atom. The molecular formula is C7H14FN. The van der Waals surface area contributed by atoms with Gasteiger partial charge in [-0.05, 0) is 32.7 Å². The SMILES string of the molecule is CNC1CCC(F)CC1. The topological polar surface area (TPSA) is 12.0 Å². The monoisotopic (exact) mass is 131 g/mol. The number of hydrogen-bond acceptors (Lipinski definition) is 1. The molecule has 1 fully saturated rings. The van der Waals surface area contributed by atoms with Crippen LogP contribution in [0.25, 0.3) is 0 Å². The fourth-order valence-electron chi connectivity index (χ4n) is 1.34. The molecule has 0 unspecified atom stereocenters. The maximum atomic E-state index is 12.5. The molecular weight excluding hydrogens is 117 g/mol. The van der Waals surface area contributed by atoms with Gasteiger partial charge in [0.15, 0.2) is 0 Å². The van der Waals surface area contributed by atoms with Gasteiger partial charge in [0.05, 0.1) is 0 Å². The van der Waals surface area contributed by atoms with Gasteiger partial charge in [0.1, 0.15) is 6.17 Å². The van der Waals surface area contributed by atoms with Crippen LogP contribution in [0, 0.1) is 0 Å². The van der Waals surface area contributed by atoms with E-state index in [9.17, 15) is 4.39 Å². The Labute approximate surface area is 55.6 Å². The highest BCUT2D eigenvalue weighted by Crippen LogP contribution is 2.20. The van der Waals surface area contributed by atoms with Gasteiger partial charge in [-0.3, -0.25) is 0 Å². The average Bonchev–Trinajstić information content (AvgIpc) is 1.90. The van der Waals surface area contributed by atoms with Gasteiger partial charge in [-0.1, -0.05) is 0 Å². The van der Waals surface area contributed by atoms with Crippen molar-refractivity contribution in [3.05, 3.63) is 0 Å². The lowest BCUT2D eigenvalue weighted by Gasteiger charge is -2.23. The lowest BCUT2D eigenvalue weighted by molar-refractivity contribution is 0.224. The highest BCUT2D eigenvalue weighted by molar-refractivity contribution is 4.74. The van der Waals surface area contributed by atoms with Gasteiger partial charge in [0, 0.05) is 6.04 Å². The van der Waals surface area contributed by atoms with E-state index in [4.69, 9.17) is 0 Å². The smallest absolute Gasteiger partial charge is 0.100 e. The third-order valence-electron chi connectivity index (χ3n) is 2.06. The summed E-state index contributed by atoms with van der Waals surface area (Å²) in [6.45, 7) is 0. The van der Waals surface area contributed by atoms with Crippen LogP contribution in [0.3, 0.4) is 0 Å². The van der Waals surface area contributed by atoms with Crippen LogP contribution in [0.2, 0.25) is 0 Å². The van der Waals surface area contributed by atoms with Crippen molar-refractivity contribution in [2.24, 2.45) is 0 Å². The molecule has 9 heavy (non-hydrogen) atoms. The van der Waals surface area contributed by atoms with E-state index in [0.717, 1.165) is 25.7 Å². The first-order valence-corrected chi connectivity index (χ1v) is 3.64. The third kappa shape index (κ3) is 1.94. The van der Waals surface area contributed by atoms with E-state index in [1.165, 1.54) is 0 Å². The van der Waals surface area contributed by atoms with Crippen LogP contribution in [-0.4, -0.2) is 19.3 Å². The zero-order chi connectivity index (χ0) is 6.69. The van der Waals surface area contributed by atoms with Crippen LogP contribution in [0.1, 0.15) is 25.7 Å². The van der Waals surface area contributed by atoms with E-state index >= 15 is 0 Å². The summed E-state index contributed by atoms with van der Waals surface area (Å²) in [5.41, 5.74) is 0. The number of rotatable bonds is 1. The molecule has 1 nitrogen and oxygen atoms in total. The standard InChI is InChI=1S/C7H14FN/c1-9-7-4-2-6(8)3-5-7/h6-7,9H,2-5H2,1H3. The Hall–Kier alpha value is -0.110. The molecule has 0 atom stereocenters. The normalized spacial score (nSPS) is 36.7. The van der Waals surface area contributed by atoms with Crippen molar-refractivity contribution in [1.82, 2.24) is 5.32 Å². The van der Waals surface area contributed by atoms with E-state index in [2.05, 4.69) is 5.32 Å². The molecule has 1 rings (SSSR count). The predicted molar refractivity (Wildman–Crippen MR) is 36.2 cm³/mol. The molecule has 0 amide bonds. The second-order valence-corrected chi connectivity index (χ2v) is 2.74. The molecule has 1 aliphatic carbocycles. The van der Waals surface area contributed by atoms with Crippen molar-refractivity contribution in [3.63, 3.8) is 0 Å². The van der Waals surface area contributed by atoms with Gasteiger partial charge in [-0.2, -0.15) is 0 Å². The van der Waals surface area contributed by atoms with Gasteiger partial charge in [-0.25, -0.2) is 4.39 Å². The fourth-order valence-corrected chi connectivity index (χ4v) is 1.34. The Kier molecular flexibility index (Phi) is 2.46. The Morgan fingerprint density at radius 3 is 2.22 bits per heavy atom. The Morgan fingerprint density at radius 2 is 1.78 bits per heavy atom. The second-order valence-electron chi connectivity index (χ2n) is 2.74. The number of alkyl halides is 1. The molecule has 0 heterocycles. The lowest BCUT2D eigenvalue weighted by atomic mass is 9.94. The summed E-state index contributed by atoms with van der Waals surface area (Å²) in [4.78, 5) is 0. The minimum absolute atomic E-state index is 0.519. The quantitative estimate of drug-likeness (QED) is 0.568. The van der Waals surface area contributed by atoms with Crippen molar-refractivity contribution in [2.75, 3.05) is 7.05 Å². The molecule has 0 saturated heterocycles. The number of nitrogens with one attached hydrogen (secondary N) is 1. The van der Waals surface area contributed by atoms with Crippen LogP contribution in [-0.2, 0) is 0 Å². The molecule has 1 N–H and O–H groups in total. The molecule has 0 bridgehead atoms. The summed E-state index contributed by atoms with van der Waals surface area (Å²) >= 11 is 0. The van der Waals surface area contributed by atoms with Crippen LogP contribution in [0.15, 0.2) is 0 Å². The van der Waals surface area contributed by atoms with Gasteiger partial charge >= 0.3 is 0 Å². The maximum Gasteiger partial charge on any atom is 0.100 e. The van der Waals surface area contributed by atoms with E-state index < -0.39 is 6.17 Å². The molecule has 0 spiro atoms. The first-order valence-electron chi connectivity index (χ1n) is 3.64. The van der Waals surface area contributed by atoms with Gasteiger partial charge in [-0.15, -0.1) is 0 Å². The van der Waals surface area contributed by atoms with Crippen molar-refractivity contribution >= 4 is 0 Å². The van der Waals surface area contributed by atoms with E-state index in [-0.39, 0.29) is 0 Å². The summed E-state index contributed by atoms with van der Waals surface area (Å²) in [6, 6.07) is 0.581. The zero-order valence-electron chi connectivity index (χ0n) is 5.86. The van der Waals surface area contributed by atoms with E-state index in [1.54, 1.807) is 0 Å². The molecule has 0 aliphatic heterocycles. The van der Waals surface area contributed by atoms with Crippen LogP contribution < -0.4 is 5.32 Å². The van der Waals surface area contributed by atoms with Crippen molar-refractivity contribution in [1.29, 1.82) is 0 Å². The summed E-state index contributed by atoms with van der Waals surface area (Å²) in [5, 5.41) is 3.16. The maximum absolute atomic E-state index is 12.5. The highest BCUT2D eigenvalue weighted by Gasteiger charge is 2.18. The molecule has 1 aliphatic rings. The van der Waals surface area contributed by atoms with Gasteiger partial charge < -0.3 is 5.32 Å². The van der Waals surface area contributed by atoms with Crippen molar-refractivity contribution in [2.45, 2.75) is 37.9 Å². The fraction of sp³-hybridized carbons (Fsp3) is 1.00. The zero-order valence-corrected chi connectivity index (χ0v) is 5.86. The first kappa shape index (κ1) is 7.00. The van der Waals surface area contributed by atoms with E-state index in [0.29, 0.717) is 6.04 Å². The molecule has 0 aromatic carbocycles. The van der Waals surface area contributed by atoms with Crippen LogP contribution in [0.5, 0.6) is 0 Å². The lowest BCUT2D eigenvalue weighted by Crippen LogP contribution is -2.30. The van der Waals surface area contributed by atoms with Crippen molar-refractivity contribution < 1.29 is 4.39 Å². The van der Waals surface area contributed by atoms with E-state index in [1.807, 2.05) is 7.05 Å². The molecule has 0 radical (unpaired) electrons. The minimum atomic E-state index is -0.519. The molecule has 1 saturated carbocycles. The second kappa shape index (κ2) is 3.16. The summed E-state index contributed by atoms with van der Waals surface area (Å²) in [6.07, 6.45) is 3.02. The minimum Gasteiger partial charge on any atom is -0.317 e. The van der Waals surface area contributed by atoms with Crippen LogP contribution >= 0.6 is 0 Å². The summed E-state index contributed by atoms with van der Waals surface area (Å²) in [7, 11) is 1.95. The van der Waals surface area contributed by atoms with Gasteiger partial charge in [0.2, 0.25) is 0 Å². The largest absolute Gasteiger partial charge is 0.317 e. The summed E-state index contributed by atoms with van der Waals surface area (Å²) < 4.78 is 12.5.